The Morgan fingerprint density at radius 2 is 2.00 bits per heavy atom. The summed E-state index contributed by atoms with van der Waals surface area (Å²) in [4.78, 5) is 15.0. The van der Waals surface area contributed by atoms with Crippen LogP contribution in [0.3, 0.4) is 0 Å². The first-order chi connectivity index (χ1) is 8.56. The predicted octanol–water partition coefficient (Wildman–Crippen LogP) is 3.35. The number of carbonyl (C=O) groups is 1. The van der Waals surface area contributed by atoms with Gasteiger partial charge in [-0.1, -0.05) is 0 Å². The van der Waals surface area contributed by atoms with Gasteiger partial charge in [0.2, 0.25) is 5.88 Å². The van der Waals surface area contributed by atoms with Gasteiger partial charge in [0.1, 0.15) is 5.82 Å². The summed E-state index contributed by atoms with van der Waals surface area (Å²) in [6.07, 6.45) is 1.38. The van der Waals surface area contributed by atoms with Crippen LogP contribution in [0.5, 0.6) is 11.6 Å². The van der Waals surface area contributed by atoms with E-state index in [9.17, 15) is 13.6 Å². The standard InChI is InChI=1S/C13H9F2NO2/c1-8(17)9-4-5-16-13(6-9)18-12-3-2-10(14)7-11(12)15/h2-7H,1H3. The van der Waals surface area contributed by atoms with Crippen LogP contribution < -0.4 is 4.74 Å². The van der Waals surface area contributed by atoms with Crippen molar-refractivity contribution in [3.05, 3.63) is 53.7 Å². The molecule has 3 nitrogen and oxygen atoms in total. The lowest BCUT2D eigenvalue weighted by Gasteiger charge is -2.06. The quantitative estimate of drug-likeness (QED) is 0.783. The molecule has 0 aliphatic heterocycles. The zero-order valence-electron chi connectivity index (χ0n) is 9.48. The van der Waals surface area contributed by atoms with E-state index in [2.05, 4.69) is 4.98 Å². The van der Waals surface area contributed by atoms with Gasteiger partial charge in [-0.15, -0.1) is 0 Å². The van der Waals surface area contributed by atoms with E-state index in [4.69, 9.17) is 4.74 Å². The van der Waals surface area contributed by atoms with Crippen molar-refractivity contribution >= 4 is 5.78 Å². The van der Waals surface area contributed by atoms with Crippen molar-refractivity contribution in [2.45, 2.75) is 6.92 Å². The molecule has 0 amide bonds. The minimum absolute atomic E-state index is 0.0770. The second kappa shape index (κ2) is 4.91. The Morgan fingerprint density at radius 3 is 2.67 bits per heavy atom. The minimum atomic E-state index is -0.829. The van der Waals surface area contributed by atoms with E-state index in [1.54, 1.807) is 0 Å². The molecular formula is C13H9F2NO2. The molecule has 1 heterocycles. The maximum Gasteiger partial charge on any atom is 0.220 e. The summed E-state index contributed by atoms with van der Waals surface area (Å²) in [7, 11) is 0. The second-order valence-electron chi connectivity index (χ2n) is 3.62. The molecule has 5 heteroatoms. The predicted molar refractivity (Wildman–Crippen MR) is 60.7 cm³/mol. The second-order valence-corrected chi connectivity index (χ2v) is 3.62. The summed E-state index contributed by atoms with van der Waals surface area (Å²) in [5.41, 5.74) is 0.405. The molecular weight excluding hydrogens is 240 g/mol. The highest BCUT2D eigenvalue weighted by molar-refractivity contribution is 5.94. The molecule has 0 spiro atoms. The molecule has 92 valence electrons. The third-order valence-electron chi connectivity index (χ3n) is 2.25. The van der Waals surface area contributed by atoms with E-state index in [-0.39, 0.29) is 17.4 Å². The van der Waals surface area contributed by atoms with Crippen LogP contribution in [0.25, 0.3) is 0 Å². The number of nitrogens with zero attached hydrogens (tertiary/aromatic N) is 1. The zero-order valence-corrected chi connectivity index (χ0v) is 9.48. The van der Waals surface area contributed by atoms with Crippen molar-refractivity contribution in [3.63, 3.8) is 0 Å². The fourth-order valence-electron chi connectivity index (χ4n) is 1.35. The van der Waals surface area contributed by atoms with Crippen molar-refractivity contribution < 1.29 is 18.3 Å². The molecule has 0 N–H and O–H groups in total. The van der Waals surface area contributed by atoms with Crippen molar-refractivity contribution in [2.24, 2.45) is 0 Å². The van der Waals surface area contributed by atoms with Crippen LogP contribution in [-0.2, 0) is 0 Å². The highest BCUT2D eigenvalue weighted by Crippen LogP contribution is 2.23. The molecule has 1 aromatic heterocycles. The van der Waals surface area contributed by atoms with E-state index in [0.717, 1.165) is 12.1 Å². The summed E-state index contributed by atoms with van der Waals surface area (Å²) >= 11 is 0. The summed E-state index contributed by atoms with van der Waals surface area (Å²) in [5, 5.41) is 0. The van der Waals surface area contributed by atoms with Gasteiger partial charge in [-0.05, 0) is 25.1 Å². The molecule has 0 saturated carbocycles. The first kappa shape index (κ1) is 12.2. The lowest BCUT2D eigenvalue weighted by molar-refractivity contribution is 0.101. The molecule has 0 unspecified atom stereocenters. The molecule has 0 fully saturated rings. The summed E-state index contributed by atoms with van der Waals surface area (Å²) in [6.45, 7) is 1.40. The molecule has 1 aromatic carbocycles. The molecule has 0 saturated heterocycles. The highest BCUT2D eigenvalue weighted by Gasteiger charge is 2.08. The molecule has 0 radical (unpaired) electrons. The fraction of sp³-hybridized carbons (Fsp3) is 0.0769. The van der Waals surface area contributed by atoms with Gasteiger partial charge in [-0.25, -0.2) is 13.8 Å². The number of ether oxygens (including phenoxy) is 1. The van der Waals surface area contributed by atoms with Gasteiger partial charge in [0, 0.05) is 23.9 Å². The van der Waals surface area contributed by atoms with Crippen LogP contribution in [0, 0.1) is 11.6 Å². The molecule has 0 aliphatic carbocycles. The third-order valence-corrected chi connectivity index (χ3v) is 2.25. The zero-order chi connectivity index (χ0) is 13.1. The lowest BCUT2D eigenvalue weighted by Crippen LogP contribution is -1.96. The maximum absolute atomic E-state index is 13.3. The number of Topliss-reactive ketones (excluding diaryl/α,β-unsaturated/α-hetero) is 1. The monoisotopic (exact) mass is 249 g/mol. The maximum atomic E-state index is 13.3. The van der Waals surface area contributed by atoms with Crippen molar-refractivity contribution in [2.75, 3.05) is 0 Å². The smallest absolute Gasteiger partial charge is 0.220 e. The molecule has 0 atom stereocenters. The Kier molecular flexibility index (Phi) is 3.32. The lowest BCUT2D eigenvalue weighted by atomic mass is 10.2. The van der Waals surface area contributed by atoms with E-state index in [0.29, 0.717) is 11.6 Å². The number of carbonyl (C=O) groups excluding carboxylic acids is 1. The average molecular weight is 249 g/mol. The molecule has 18 heavy (non-hydrogen) atoms. The topological polar surface area (TPSA) is 39.2 Å². The summed E-state index contributed by atoms with van der Waals surface area (Å²) in [6, 6.07) is 5.87. The van der Waals surface area contributed by atoms with Crippen LogP contribution in [0.1, 0.15) is 17.3 Å². The largest absolute Gasteiger partial charge is 0.436 e. The van der Waals surface area contributed by atoms with Crippen molar-refractivity contribution in [1.29, 1.82) is 0 Å². The van der Waals surface area contributed by atoms with Crippen LogP contribution in [0.15, 0.2) is 36.5 Å². The number of rotatable bonds is 3. The highest BCUT2D eigenvalue weighted by atomic mass is 19.1. The first-order valence-electron chi connectivity index (χ1n) is 5.16. The summed E-state index contributed by atoms with van der Waals surface area (Å²) < 4.78 is 31.2. The van der Waals surface area contributed by atoms with Crippen molar-refractivity contribution in [3.8, 4) is 11.6 Å². The van der Waals surface area contributed by atoms with Crippen LogP contribution >= 0.6 is 0 Å². The first-order valence-corrected chi connectivity index (χ1v) is 5.16. The van der Waals surface area contributed by atoms with E-state index in [1.165, 1.54) is 25.3 Å². The third kappa shape index (κ3) is 2.68. The fourth-order valence-corrected chi connectivity index (χ4v) is 1.35. The van der Waals surface area contributed by atoms with Gasteiger partial charge in [0.05, 0.1) is 0 Å². The van der Waals surface area contributed by atoms with Gasteiger partial charge in [-0.2, -0.15) is 0 Å². The molecule has 2 aromatic rings. The van der Waals surface area contributed by atoms with Gasteiger partial charge in [-0.3, -0.25) is 4.79 Å². The van der Waals surface area contributed by atoms with Crippen LogP contribution in [-0.4, -0.2) is 10.8 Å². The molecule has 0 bridgehead atoms. The molecule has 0 aliphatic rings. The SMILES string of the molecule is CC(=O)c1ccnc(Oc2ccc(F)cc2F)c1. The van der Waals surface area contributed by atoms with Crippen LogP contribution in [0.4, 0.5) is 8.78 Å². The number of aromatic nitrogens is 1. The Hall–Kier alpha value is -2.30. The number of pyridine rings is 1. The normalized spacial score (nSPS) is 10.2. The van der Waals surface area contributed by atoms with Gasteiger partial charge >= 0.3 is 0 Å². The average Bonchev–Trinajstić information content (AvgIpc) is 2.33. The Labute approximate surface area is 102 Å². The van der Waals surface area contributed by atoms with Gasteiger partial charge in [0.25, 0.3) is 0 Å². The number of benzene rings is 1. The Balaban J connectivity index is 2.28. The number of halogens is 2. The molecule has 2 rings (SSSR count). The van der Waals surface area contributed by atoms with E-state index < -0.39 is 11.6 Å². The van der Waals surface area contributed by atoms with E-state index >= 15 is 0 Å². The Morgan fingerprint density at radius 1 is 1.22 bits per heavy atom. The number of ketones is 1. The van der Waals surface area contributed by atoms with Gasteiger partial charge < -0.3 is 4.74 Å². The van der Waals surface area contributed by atoms with Gasteiger partial charge in [0.15, 0.2) is 17.3 Å². The number of hydrogen-bond donors (Lipinski definition) is 0. The van der Waals surface area contributed by atoms with Crippen molar-refractivity contribution in [1.82, 2.24) is 4.98 Å². The van der Waals surface area contributed by atoms with E-state index in [1.807, 2.05) is 0 Å². The number of hydrogen-bond acceptors (Lipinski definition) is 3. The minimum Gasteiger partial charge on any atom is -0.436 e. The summed E-state index contributed by atoms with van der Waals surface area (Å²) in [5.74, 6) is -1.74. The van der Waals surface area contributed by atoms with Crippen LogP contribution in [0.2, 0.25) is 0 Å². The Bertz CT molecular complexity index is 599.